The molecule has 2 saturated heterocycles. The Bertz CT molecular complexity index is 594. The zero-order chi connectivity index (χ0) is 14.2. The van der Waals surface area contributed by atoms with Gasteiger partial charge >= 0.3 is 0 Å². The molecule has 2 fully saturated rings. The normalized spacial score (nSPS) is 27.1. The largest absolute Gasteiger partial charge is 0.444 e. The van der Waals surface area contributed by atoms with Gasteiger partial charge in [0.05, 0.1) is 10.6 Å². The van der Waals surface area contributed by atoms with Crippen LogP contribution >= 0.6 is 11.3 Å². The van der Waals surface area contributed by atoms with Crippen LogP contribution in [0.4, 0.5) is 0 Å². The molecule has 0 spiro atoms. The van der Waals surface area contributed by atoms with Gasteiger partial charge in [0, 0.05) is 31.7 Å². The first-order valence-corrected chi connectivity index (χ1v) is 8.64. The Morgan fingerprint density at radius 3 is 3.24 bits per heavy atom. The Hall–Kier alpha value is -1.17. The van der Waals surface area contributed by atoms with Crippen LogP contribution in [0, 0.1) is 0 Å². The fourth-order valence-electron chi connectivity index (χ4n) is 3.57. The molecule has 2 aromatic heterocycles. The van der Waals surface area contributed by atoms with Crippen LogP contribution in [-0.2, 0) is 6.54 Å². The zero-order valence-electron chi connectivity index (χ0n) is 12.4. The van der Waals surface area contributed by atoms with Gasteiger partial charge in [-0.1, -0.05) is 6.07 Å². The van der Waals surface area contributed by atoms with Crippen molar-refractivity contribution >= 4 is 11.3 Å². The second-order valence-corrected chi connectivity index (χ2v) is 7.14. The Kier molecular flexibility index (Phi) is 3.57. The smallest absolute Gasteiger partial charge is 0.236 e. The highest BCUT2D eigenvalue weighted by Crippen LogP contribution is 2.27. The molecule has 0 aromatic carbocycles. The summed E-state index contributed by atoms with van der Waals surface area (Å²) in [6, 6.07) is 5.44. The van der Waals surface area contributed by atoms with Gasteiger partial charge in [0.25, 0.3) is 0 Å². The molecule has 0 aliphatic carbocycles. The van der Waals surface area contributed by atoms with Crippen LogP contribution < -0.4 is 0 Å². The minimum absolute atomic E-state index is 0.598. The van der Waals surface area contributed by atoms with E-state index in [4.69, 9.17) is 4.42 Å². The van der Waals surface area contributed by atoms with E-state index in [2.05, 4.69) is 33.2 Å². The standard InChI is InChI=1S/C16H21N3OS/c1-12-8-18-6-2-4-14(18)10-19(12)9-13-11-20-16(17-13)15-5-3-7-21-15/h3,5,7,11-12,14H,2,4,6,8-10H2,1H3/t12-,14-/m0/s1. The van der Waals surface area contributed by atoms with Gasteiger partial charge in [-0.2, -0.15) is 0 Å². The molecule has 4 nitrogen and oxygen atoms in total. The second-order valence-electron chi connectivity index (χ2n) is 6.19. The molecule has 2 aliphatic rings. The number of nitrogens with zero attached hydrogens (tertiary/aromatic N) is 3. The average Bonchev–Trinajstić information content (AvgIpc) is 3.18. The summed E-state index contributed by atoms with van der Waals surface area (Å²) in [6.45, 7) is 6.88. The lowest BCUT2D eigenvalue weighted by Crippen LogP contribution is -2.54. The van der Waals surface area contributed by atoms with Crippen molar-refractivity contribution in [3.8, 4) is 10.8 Å². The molecule has 0 radical (unpaired) electrons. The zero-order valence-corrected chi connectivity index (χ0v) is 13.2. The van der Waals surface area contributed by atoms with Crippen LogP contribution in [-0.4, -0.2) is 46.5 Å². The third-order valence-corrected chi connectivity index (χ3v) is 5.57. The van der Waals surface area contributed by atoms with Gasteiger partial charge < -0.3 is 4.42 Å². The second kappa shape index (κ2) is 5.55. The molecule has 0 bridgehead atoms. The van der Waals surface area contributed by atoms with Gasteiger partial charge in [-0.15, -0.1) is 11.3 Å². The Morgan fingerprint density at radius 1 is 1.43 bits per heavy atom. The van der Waals surface area contributed by atoms with E-state index in [0.717, 1.165) is 29.0 Å². The molecule has 0 N–H and O–H groups in total. The van der Waals surface area contributed by atoms with E-state index in [9.17, 15) is 0 Å². The fourth-order valence-corrected chi connectivity index (χ4v) is 4.22. The summed E-state index contributed by atoms with van der Waals surface area (Å²) in [4.78, 5) is 11.0. The van der Waals surface area contributed by atoms with Crippen LogP contribution in [0.2, 0.25) is 0 Å². The van der Waals surface area contributed by atoms with Gasteiger partial charge in [-0.25, -0.2) is 4.98 Å². The highest BCUT2D eigenvalue weighted by molar-refractivity contribution is 7.13. The number of aromatic nitrogens is 1. The SMILES string of the molecule is C[C@H]1CN2CCC[C@H]2CN1Cc1coc(-c2cccs2)n1. The summed E-state index contributed by atoms with van der Waals surface area (Å²) in [5.41, 5.74) is 1.05. The first-order valence-electron chi connectivity index (χ1n) is 7.76. The van der Waals surface area contributed by atoms with Crippen molar-refractivity contribution in [3.63, 3.8) is 0 Å². The molecule has 0 saturated carbocycles. The topological polar surface area (TPSA) is 32.5 Å². The summed E-state index contributed by atoms with van der Waals surface area (Å²) in [7, 11) is 0. The molecule has 21 heavy (non-hydrogen) atoms. The van der Waals surface area contributed by atoms with Gasteiger partial charge in [0.1, 0.15) is 6.26 Å². The van der Waals surface area contributed by atoms with Crippen LogP contribution in [0.15, 0.2) is 28.2 Å². The predicted octanol–water partition coefficient (Wildman–Crippen LogP) is 3.07. The highest BCUT2D eigenvalue weighted by Gasteiger charge is 2.34. The average molecular weight is 303 g/mol. The van der Waals surface area contributed by atoms with Gasteiger partial charge in [0.15, 0.2) is 0 Å². The van der Waals surface area contributed by atoms with Crippen molar-refractivity contribution in [2.45, 2.75) is 38.4 Å². The molecular weight excluding hydrogens is 282 g/mol. The Labute approximate surface area is 129 Å². The highest BCUT2D eigenvalue weighted by atomic mass is 32.1. The predicted molar refractivity (Wildman–Crippen MR) is 84.3 cm³/mol. The third-order valence-electron chi connectivity index (χ3n) is 4.72. The van der Waals surface area contributed by atoms with Crippen molar-refractivity contribution in [1.29, 1.82) is 0 Å². The van der Waals surface area contributed by atoms with Gasteiger partial charge in [-0.3, -0.25) is 9.80 Å². The summed E-state index contributed by atoms with van der Waals surface area (Å²) in [5, 5.41) is 2.06. The molecule has 4 heterocycles. The minimum atomic E-state index is 0.598. The first kappa shape index (κ1) is 13.5. The molecule has 112 valence electrons. The van der Waals surface area contributed by atoms with E-state index < -0.39 is 0 Å². The van der Waals surface area contributed by atoms with Crippen LogP contribution in [0.5, 0.6) is 0 Å². The van der Waals surface area contributed by atoms with Crippen LogP contribution in [0.3, 0.4) is 0 Å². The van der Waals surface area contributed by atoms with E-state index in [0.29, 0.717) is 6.04 Å². The summed E-state index contributed by atoms with van der Waals surface area (Å²) >= 11 is 1.67. The first-order chi connectivity index (χ1) is 10.3. The Balaban J connectivity index is 1.46. The number of oxazole rings is 1. The number of hydrogen-bond acceptors (Lipinski definition) is 5. The monoisotopic (exact) mass is 303 g/mol. The van der Waals surface area contributed by atoms with Crippen molar-refractivity contribution < 1.29 is 4.42 Å². The van der Waals surface area contributed by atoms with Gasteiger partial charge in [-0.05, 0) is 37.8 Å². The number of thiophene rings is 1. The van der Waals surface area contributed by atoms with E-state index in [1.165, 1.54) is 32.5 Å². The van der Waals surface area contributed by atoms with Crippen molar-refractivity contribution in [1.82, 2.24) is 14.8 Å². The number of piperazine rings is 1. The van der Waals surface area contributed by atoms with Crippen molar-refractivity contribution in [2.24, 2.45) is 0 Å². The van der Waals surface area contributed by atoms with E-state index in [-0.39, 0.29) is 0 Å². The van der Waals surface area contributed by atoms with E-state index >= 15 is 0 Å². The number of rotatable bonds is 3. The lowest BCUT2D eigenvalue weighted by atomic mass is 10.1. The van der Waals surface area contributed by atoms with Crippen molar-refractivity contribution in [2.75, 3.05) is 19.6 Å². The minimum Gasteiger partial charge on any atom is -0.444 e. The maximum atomic E-state index is 5.63. The summed E-state index contributed by atoms with van der Waals surface area (Å²) in [6.07, 6.45) is 4.53. The summed E-state index contributed by atoms with van der Waals surface area (Å²) in [5.74, 6) is 0.757. The number of hydrogen-bond donors (Lipinski definition) is 0. The van der Waals surface area contributed by atoms with E-state index in [1.54, 1.807) is 11.3 Å². The molecule has 2 atom stereocenters. The molecule has 2 aromatic rings. The molecule has 0 unspecified atom stereocenters. The molecule has 4 rings (SSSR count). The van der Waals surface area contributed by atoms with Crippen LogP contribution in [0.1, 0.15) is 25.5 Å². The van der Waals surface area contributed by atoms with Crippen molar-refractivity contribution in [3.05, 3.63) is 29.5 Å². The Morgan fingerprint density at radius 2 is 2.38 bits per heavy atom. The number of fused-ring (bicyclic) bond motifs is 1. The maximum Gasteiger partial charge on any atom is 0.236 e. The lowest BCUT2D eigenvalue weighted by molar-refractivity contribution is 0.0532. The quantitative estimate of drug-likeness (QED) is 0.872. The third kappa shape index (κ3) is 2.65. The fraction of sp³-hybridized carbons (Fsp3) is 0.562. The molecule has 5 heteroatoms. The molecule has 0 amide bonds. The van der Waals surface area contributed by atoms with E-state index in [1.807, 2.05) is 12.3 Å². The summed E-state index contributed by atoms with van der Waals surface area (Å²) < 4.78 is 5.63. The van der Waals surface area contributed by atoms with Crippen LogP contribution in [0.25, 0.3) is 10.8 Å². The lowest BCUT2D eigenvalue weighted by Gasteiger charge is -2.42. The molecular formula is C16H21N3OS. The maximum absolute atomic E-state index is 5.63. The molecule has 2 aliphatic heterocycles. The van der Waals surface area contributed by atoms with Gasteiger partial charge in [0.2, 0.25) is 5.89 Å².